The highest BCUT2D eigenvalue weighted by Gasteiger charge is 2.08. The molecule has 4 rings (SSSR count). The van der Waals surface area contributed by atoms with Crippen molar-refractivity contribution < 1.29 is 28.4 Å². The van der Waals surface area contributed by atoms with E-state index in [0.29, 0.717) is 0 Å². The van der Waals surface area contributed by atoms with Gasteiger partial charge in [0.25, 0.3) is 0 Å². The molecule has 0 bridgehead atoms. The molecule has 0 saturated heterocycles. The molecule has 0 fully saturated rings. The maximum atomic E-state index is 5.47. The van der Waals surface area contributed by atoms with E-state index in [0.717, 1.165) is 132 Å². The van der Waals surface area contributed by atoms with Crippen molar-refractivity contribution in [2.24, 2.45) is 0 Å². The summed E-state index contributed by atoms with van der Waals surface area (Å²) in [5.74, 6) is 4.68. The Labute approximate surface area is 324 Å². The second kappa shape index (κ2) is 24.1. The van der Waals surface area contributed by atoms with E-state index >= 15 is 0 Å². The smallest absolute Gasteiger partial charge is 0.160 e. The molecule has 294 valence electrons. The highest BCUT2D eigenvalue weighted by Crippen LogP contribution is 2.30. The summed E-state index contributed by atoms with van der Waals surface area (Å²) in [6.07, 6.45) is 9.70. The maximum Gasteiger partial charge on any atom is 0.160 e. The molecule has 0 aromatic heterocycles. The molecular weight excluding hydrogens is 679 g/mol. The molecule has 0 amide bonds. The molecular formula is C45H63N3O6. The minimum Gasteiger partial charge on any atom is -0.493 e. The quantitative estimate of drug-likeness (QED) is 0.0525. The number of nitrogens with one attached hydrogen (secondary N) is 3. The number of aryl methyl sites for hydroxylation is 3. The van der Waals surface area contributed by atoms with Crippen LogP contribution in [-0.4, -0.2) is 62.3 Å². The fraction of sp³-hybridized carbons (Fsp3) is 0.467. The van der Waals surface area contributed by atoms with Crippen LogP contribution in [0.2, 0.25) is 0 Å². The van der Waals surface area contributed by atoms with Crippen LogP contribution < -0.4 is 44.4 Å². The first-order valence-electron chi connectivity index (χ1n) is 19.4. The fourth-order valence-electron chi connectivity index (χ4n) is 6.69. The molecule has 0 aliphatic heterocycles. The Kier molecular flexibility index (Phi) is 18.9. The van der Waals surface area contributed by atoms with E-state index in [-0.39, 0.29) is 0 Å². The first-order valence-corrected chi connectivity index (χ1v) is 19.4. The number of methoxy groups -OCH3 is 6. The highest BCUT2D eigenvalue weighted by molar-refractivity contribution is 5.44. The van der Waals surface area contributed by atoms with E-state index in [9.17, 15) is 0 Å². The van der Waals surface area contributed by atoms with Gasteiger partial charge in [-0.25, -0.2) is 0 Å². The summed E-state index contributed by atoms with van der Waals surface area (Å²) in [4.78, 5) is 0. The number of benzene rings is 4. The molecule has 0 saturated carbocycles. The average molecular weight is 742 g/mol. The molecule has 0 radical (unpaired) electrons. The average Bonchev–Trinajstić information content (AvgIpc) is 3.21. The van der Waals surface area contributed by atoms with E-state index in [1.165, 1.54) is 33.4 Å². The Morgan fingerprint density at radius 1 is 0.315 bits per heavy atom. The lowest BCUT2D eigenvalue weighted by molar-refractivity contribution is 0.354. The van der Waals surface area contributed by atoms with E-state index < -0.39 is 0 Å². The van der Waals surface area contributed by atoms with Crippen molar-refractivity contribution in [3.8, 4) is 34.5 Å². The number of hydrogen-bond donors (Lipinski definition) is 3. The van der Waals surface area contributed by atoms with Gasteiger partial charge in [-0.3, -0.25) is 0 Å². The Balaban J connectivity index is 1.23. The third kappa shape index (κ3) is 14.1. The molecule has 4 aromatic rings. The van der Waals surface area contributed by atoms with Crippen LogP contribution >= 0.6 is 0 Å². The molecule has 3 N–H and O–H groups in total. The molecule has 9 heteroatoms. The van der Waals surface area contributed by atoms with Gasteiger partial charge in [0.2, 0.25) is 0 Å². The summed E-state index contributed by atoms with van der Waals surface area (Å²) in [5, 5.41) is 11.1. The molecule has 0 atom stereocenters. The number of unbranched alkanes of at least 4 members (excludes halogenated alkanes) is 3. The molecule has 9 nitrogen and oxygen atoms in total. The van der Waals surface area contributed by atoms with Crippen LogP contribution in [0.1, 0.15) is 71.9 Å². The standard InChI is InChI=1S/C45H63N3O6/c1-49-40-19-16-34(28-43(40)52-4)13-7-10-22-46-31-37-25-38(32-47-23-11-8-14-35-17-20-41(50-2)44(29-35)53-5)27-39(26-37)33-48-24-12-9-15-36-18-21-42(51-3)45(30-36)54-6/h16-21,25-30,46-48H,7-15,22-24,31-33H2,1-6H3. The van der Waals surface area contributed by atoms with E-state index in [1.54, 1.807) is 42.7 Å². The predicted molar refractivity (Wildman–Crippen MR) is 219 cm³/mol. The molecule has 0 aliphatic carbocycles. The van der Waals surface area contributed by atoms with Gasteiger partial charge in [0.1, 0.15) is 0 Å². The van der Waals surface area contributed by atoms with Gasteiger partial charge in [-0.05, 0) is 147 Å². The van der Waals surface area contributed by atoms with Crippen LogP contribution in [0, 0.1) is 0 Å². The SMILES string of the molecule is COc1ccc(CCCCNCc2cc(CNCCCCc3ccc(OC)c(OC)c3)cc(CNCCCCc3ccc(OC)c(OC)c3)c2)cc1OC. The van der Waals surface area contributed by atoms with Crippen LogP contribution in [0.4, 0.5) is 0 Å². The lowest BCUT2D eigenvalue weighted by Gasteiger charge is -2.13. The summed E-state index contributed by atoms with van der Waals surface area (Å²) in [6, 6.07) is 25.6. The van der Waals surface area contributed by atoms with Crippen molar-refractivity contribution in [1.82, 2.24) is 16.0 Å². The number of hydrogen-bond acceptors (Lipinski definition) is 9. The molecule has 0 aliphatic rings. The zero-order valence-electron chi connectivity index (χ0n) is 33.5. The Hall–Kier alpha value is -4.44. The third-order valence-electron chi connectivity index (χ3n) is 9.65. The van der Waals surface area contributed by atoms with Gasteiger partial charge < -0.3 is 44.4 Å². The van der Waals surface area contributed by atoms with Gasteiger partial charge in [-0.15, -0.1) is 0 Å². The first kappa shape index (κ1) is 42.3. The topological polar surface area (TPSA) is 91.5 Å². The summed E-state index contributed by atoms with van der Waals surface area (Å²) < 4.78 is 32.6. The predicted octanol–water partition coefficient (Wildman–Crippen LogP) is 8.08. The summed E-state index contributed by atoms with van der Waals surface area (Å²) >= 11 is 0. The molecule has 54 heavy (non-hydrogen) atoms. The fourth-order valence-corrected chi connectivity index (χ4v) is 6.69. The first-order chi connectivity index (χ1) is 26.5. The van der Waals surface area contributed by atoms with Gasteiger partial charge in [0.15, 0.2) is 34.5 Å². The van der Waals surface area contributed by atoms with Crippen molar-refractivity contribution in [2.75, 3.05) is 62.3 Å². The van der Waals surface area contributed by atoms with Gasteiger partial charge >= 0.3 is 0 Å². The summed E-state index contributed by atoms with van der Waals surface area (Å²) in [7, 11) is 10.1. The van der Waals surface area contributed by atoms with Crippen LogP contribution in [0.3, 0.4) is 0 Å². The zero-order valence-corrected chi connectivity index (χ0v) is 33.5. The molecule has 4 aromatic carbocycles. The van der Waals surface area contributed by atoms with Crippen LogP contribution in [0.15, 0.2) is 72.8 Å². The van der Waals surface area contributed by atoms with E-state index in [2.05, 4.69) is 70.5 Å². The van der Waals surface area contributed by atoms with Gasteiger partial charge in [0.05, 0.1) is 42.7 Å². The van der Waals surface area contributed by atoms with Gasteiger partial charge in [-0.1, -0.05) is 36.4 Å². The minimum atomic E-state index is 0.770. The highest BCUT2D eigenvalue weighted by atomic mass is 16.5. The summed E-state index contributed by atoms with van der Waals surface area (Å²) in [6.45, 7) is 5.49. The Morgan fingerprint density at radius 2 is 0.593 bits per heavy atom. The van der Waals surface area contributed by atoms with Crippen molar-refractivity contribution in [1.29, 1.82) is 0 Å². The van der Waals surface area contributed by atoms with Gasteiger partial charge in [0, 0.05) is 19.6 Å². The zero-order chi connectivity index (χ0) is 38.4. The Bertz CT molecular complexity index is 1470. The second-order valence-electron chi connectivity index (χ2n) is 13.6. The third-order valence-corrected chi connectivity index (χ3v) is 9.65. The second-order valence-corrected chi connectivity index (χ2v) is 13.6. The normalized spacial score (nSPS) is 11.0. The van der Waals surface area contributed by atoms with Gasteiger partial charge in [-0.2, -0.15) is 0 Å². The lowest BCUT2D eigenvalue weighted by atomic mass is 10.0. The molecule has 0 unspecified atom stereocenters. The molecule has 0 spiro atoms. The van der Waals surface area contributed by atoms with Crippen molar-refractivity contribution in [3.05, 3.63) is 106 Å². The van der Waals surface area contributed by atoms with Crippen molar-refractivity contribution in [2.45, 2.75) is 77.4 Å². The lowest BCUT2D eigenvalue weighted by Crippen LogP contribution is -2.19. The van der Waals surface area contributed by atoms with E-state index in [4.69, 9.17) is 28.4 Å². The van der Waals surface area contributed by atoms with Crippen LogP contribution in [0.5, 0.6) is 34.5 Å². The number of ether oxygens (including phenoxy) is 6. The molecule has 0 heterocycles. The minimum absolute atomic E-state index is 0.770. The Morgan fingerprint density at radius 3 is 0.852 bits per heavy atom. The number of rotatable bonds is 27. The monoisotopic (exact) mass is 741 g/mol. The van der Waals surface area contributed by atoms with Crippen molar-refractivity contribution in [3.63, 3.8) is 0 Å². The van der Waals surface area contributed by atoms with Crippen LogP contribution in [0.25, 0.3) is 0 Å². The largest absolute Gasteiger partial charge is 0.493 e. The summed E-state index contributed by atoms with van der Waals surface area (Å²) in [5.41, 5.74) is 7.79. The maximum absolute atomic E-state index is 5.47. The van der Waals surface area contributed by atoms with Crippen LogP contribution in [-0.2, 0) is 38.9 Å². The van der Waals surface area contributed by atoms with E-state index in [1.807, 2.05) is 18.2 Å². The van der Waals surface area contributed by atoms with Crippen molar-refractivity contribution >= 4 is 0 Å².